The predicted molar refractivity (Wildman–Crippen MR) is 116 cm³/mol. The van der Waals surface area contributed by atoms with Crippen LogP contribution in [0.1, 0.15) is 0 Å². The fourth-order valence-electron chi connectivity index (χ4n) is 3.68. The number of nitrogens with zero attached hydrogens (tertiary/aromatic N) is 6. The molecule has 2 aromatic heterocycles. The minimum absolute atomic E-state index is 0.263. The number of benzene rings is 3. The first-order chi connectivity index (χ1) is 17.2. The number of aromatic nitrogens is 2. The molecule has 0 bridgehead atoms. The van der Waals surface area contributed by atoms with Gasteiger partial charge in [-0.1, -0.05) is 0 Å². The Kier molecular flexibility index (Phi) is 5.37. The van der Waals surface area contributed by atoms with Crippen molar-refractivity contribution >= 4 is 81.5 Å². The molecule has 6 nitrogen and oxygen atoms in total. The molecule has 0 unspecified atom stereocenters. The van der Waals surface area contributed by atoms with E-state index in [9.17, 15) is 8.78 Å². The molecule has 0 spiro atoms. The normalized spacial score (nSPS) is 12.9. The molecule has 0 aliphatic heterocycles. The Morgan fingerprint density at radius 3 is 1.28 bits per heavy atom. The first-order valence-corrected chi connectivity index (χ1v) is 12.6. The van der Waals surface area contributed by atoms with Crippen molar-refractivity contribution in [3.8, 4) is 12.1 Å². The zero-order valence-corrected chi connectivity index (χ0v) is 20.2. The molecule has 3 aromatic carbocycles. The summed E-state index contributed by atoms with van der Waals surface area (Å²) in [6.45, 7) is 14.0. The number of rotatable bonds is 0. The van der Waals surface area contributed by atoms with Gasteiger partial charge < -0.3 is 0 Å². The summed E-state index contributed by atoms with van der Waals surface area (Å²) in [4.78, 5) is 13.3. The third kappa shape index (κ3) is 2.94. The van der Waals surface area contributed by atoms with Crippen molar-refractivity contribution in [1.29, 1.82) is 10.5 Å². The summed E-state index contributed by atoms with van der Waals surface area (Å²) in [6.07, 6.45) is 0. The van der Waals surface area contributed by atoms with Crippen LogP contribution in [0.15, 0.2) is 0 Å². The minimum atomic E-state index is -1.85. The zero-order valence-electron chi connectivity index (χ0n) is 16.8. The van der Waals surface area contributed by atoms with Gasteiger partial charge in [0.05, 0.1) is 0 Å². The molecule has 5 rings (SSSR count). The van der Waals surface area contributed by atoms with Gasteiger partial charge in [0.15, 0.2) is 0 Å². The van der Waals surface area contributed by atoms with Gasteiger partial charge in [-0.05, 0) is 0 Å². The second kappa shape index (κ2) is 8.21. The Hall–Kier alpha value is -4.16. The SMILES string of the molecule is [C-]#[N+]/C(C#N)=c1/nc2c(F)c(F)c3c(F)c4c(c(F)c(F)c5n/c(=C(/C#N)[N+]#[C-])[se]c54)c(F)c3c2[se]1. The molecule has 0 aliphatic carbocycles. The maximum absolute atomic E-state index is 15.8. The summed E-state index contributed by atoms with van der Waals surface area (Å²) in [5, 5.41) is 14.0. The van der Waals surface area contributed by atoms with Gasteiger partial charge >= 0.3 is 207 Å². The van der Waals surface area contributed by atoms with Crippen molar-refractivity contribution in [3.63, 3.8) is 0 Å². The van der Waals surface area contributed by atoms with Crippen LogP contribution in [-0.2, 0) is 0 Å². The Bertz CT molecular complexity index is 1980. The fourth-order valence-corrected chi connectivity index (χ4v) is 8.06. The number of halogens is 6. The van der Waals surface area contributed by atoms with Crippen LogP contribution >= 0.6 is 0 Å². The Labute approximate surface area is 206 Å². The molecule has 14 heteroatoms. The van der Waals surface area contributed by atoms with Gasteiger partial charge in [-0.2, -0.15) is 0 Å². The summed E-state index contributed by atoms with van der Waals surface area (Å²) in [5.41, 5.74) is -2.64. The van der Waals surface area contributed by atoms with Crippen LogP contribution in [0.4, 0.5) is 26.3 Å². The first-order valence-electron chi connectivity index (χ1n) is 9.19. The van der Waals surface area contributed by atoms with E-state index in [2.05, 4.69) is 19.7 Å². The van der Waals surface area contributed by atoms with Gasteiger partial charge in [-0.25, -0.2) is 0 Å². The molecule has 0 radical (unpaired) electrons. The summed E-state index contributed by atoms with van der Waals surface area (Å²) in [5.74, 6) is -10.2. The molecule has 36 heavy (non-hydrogen) atoms. The van der Waals surface area contributed by atoms with E-state index in [1.165, 1.54) is 12.1 Å². The van der Waals surface area contributed by atoms with E-state index >= 15 is 17.6 Å². The molecule has 172 valence electrons. The van der Waals surface area contributed by atoms with Gasteiger partial charge in [0, 0.05) is 0 Å². The van der Waals surface area contributed by atoms with E-state index < -0.39 is 108 Å². The fraction of sp³-hybridized carbons (Fsp3) is 0. The molecular formula is C22F6N6Se2. The molecule has 0 N–H and O–H groups in total. The molecule has 0 atom stereocenters. The third-order valence-corrected chi connectivity index (χ3v) is 9.70. The monoisotopic (exact) mass is 622 g/mol. The van der Waals surface area contributed by atoms with Gasteiger partial charge in [0.1, 0.15) is 0 Å². The van der Waals surface area contributed by atoms with Crippen molar-refractivity contribution in [2.24, 2.45) is 0 Å². The van der Waals surface area contributed by atoms with E-state index in [1.54, 1.807) is 0 Å². The molecule has 0 amide bonds. The summed E-state index contributed by atoms with van der Waals surface area (Å²) in [7, 11) is 0. The summed E-state index contributed by atoms with van der Waals surface area (Å²) in [6, 6.07) is 3.06. The second-order valence-corrected chi connectivity index (χ2v) is 11.1. The van der Waals surface area contributed by atoms with Crippen LogP contribution in [0.5, 0.6) is 0 Å². The second-order valence-electron chi connectivity index (χ2n) is 6.92. The van der Waals surface area contributed by atoms with Crippen LogP contribution in [-0.4, -0.2) is 39.0 Å². The van der Waals surface area contributed by atoms with Crippen molar-refractivity contribution in [3.05, 3.63) is 66.2 Å². The van der Waals surface area contributed by atoms with Gasteiger partial charge in [0.25, 0.3) is 0 Å². The van der Waals surface area contributed by atoms with Crippen LogP contribution < -0.4 is 8.45 Å². The van der Waals surface area contributed by atoms with Crippen LogP contribution in [0.25, 0.3) is 62.2 Å². The quantitative estimate of drug-likeness (QED) is 0.115. The standard InChI is InChI=1S/C22F6N6Se2/c1-31-5(3-29)21-33-17-15(27)13(25)7-9(19(17)35-21)11(23)8-10(12(7)24)20-18(16(28)14(8)26)34-22(36-20)6(4-30)32-2/b21-5-,22-6+. The summed E-state index contributed by atoms with van der Waals surface area (Å²) >= 11 is -2.53. The van der Waals surface area contributed by atoms with E-state index in [4.69, 9.17) is 23.7 Å². The number of hydrogen-bond acceptors (Lipinski definition) is 4. The molecule has 0 saturated heterocycles. The summed E-state index contributed by atoms with van der Waals surface area (Å²) < 4.78 is 90.4. The molecule has 0 aliphatic rings. The number of hydrogen-bond donors (Lipinski definition) is 0. The zero-order chi connectivity index (χ0) is 26.0. The topological polar surface area (TPSA) is 82.1 Å². The van der Waals surface area contributed by atoms with Crippen molar-refractivity contribution < 1.29 is 26.3 Å². The third-order valence-electron chi connectivity index (χ3n) is 5.17. The number of nitriles is 2. The molecule has 0 saturated carbocycles. The Balaban J connectivity index is 2.16. The van der Waals surface area contributed by atoms with E-state index in [-0.39, 0.29) is 17.0 Å². The average Bonchev–Trinajstić information content (AvgIpc) is 3.49. The van der Waals surface area contributed by atoms with E-state index in [0.717, 1.165) is 0 Å². The van der Waals surface area contributed by atoms with Crippen molar-refractivity contribution in [2.75, 3.05) is 0 Å². The average molecular weight is 620 g/mol. The molecule has 5 aromatic rings. The maximum atomic E-state index is 15.8. The van der Waals surface area contributed by atoms with Crippen LogP contribution in [0, 0.1) is 70.7 Å². The molecular weight excluding hydrogens is 620 g/mol. The van der Waals surface area contributed by atoms with Crippen molar-refractivity contribution in [1.82, 2.24) is 9.97 Å². The van der Waals surface area contributed by atoms with Gasteiger partial charge in [-0.3, -0.25) is 0 Å². The number of fused-ring (bicyclic) bond motifs is 6. The first kappa shape index (κ1) is 23.6. The van der Waals surface area contributed by atoms with Crippen molar-refractivity contribution in [2.45, 2.75) is 0 Å². The van der Waals surface area contributed by atoms with Crippen LogP contribution in [0.2, 0.25) is 0 Å². The van der Waals surface area contributed by atoms with E-state index in [1.807, 2.05) is 0 Å². The van der Waals surface area contributed by atoms with E-state index in [0.29, 0.717) is 0 Å². The Morgan fingerprint density at radius 2 is 0.972 bits per heavy atom. The molecule has 0 fully saturated rings. The van der Waals surface area contributed by atoms with Gasteiger partial charge in [-0.15, -0.1) is 0 Å². The Morgan fingerprint density at radius 1 is 0.611 bits per heavy atom. The van der Waals surface area contributed by atoms with Crippen LogP contribution in [0.3, 0.4) is 0 Å². The predicted octanol–water partition coefficient (Wildman–Crippen LogP) is 3.14. The molecule has 2 heterocycles. The van der Waals surface area contributed by atoms with Gasteiger partial charge in [0.2, 0.25) is 0 Å².